The summed E-state index contributed by atoms with van der Waals surface area (Å²) in [6, 6.07) is 5.74. The van der Waals surface area contributed by atoms with Crippen LogP contribution in [0.15, 0.2) is 12.1 Å². The summed E-state index contributed by atoms with van der Waals surface area (Å²) in [5, 5.41) is 8.58. The quantitative estimate of drug-likeness (QED) is 0.799. The average Bonchev–Trinajstić information content (AvgIpc) is 2.91. The van der Waals surface area contributed by atoms with Crippen molar-refractivity contribution < 1.29 is 19.0 Å². The van der Waals surface area contributed by atoms with Gasteiger partial charge in [-0.1, -0.05) is 0 Å². The molecule has 0 spiro atoms. The van der Waals surface area contributed by atoms with Gasteiger partial charge in [-0.05, 0) is 12.1 Å². The molecule has 1 aromatic carbocycles. The van der Waals surface area contributed by atoms with Crippen molar-refractivity contribution >= 4 is 17.7 Å². The van der Waals surface area contributed by atoms with E-state index in [1.165, 1.54) is 11.8 Å². The molecule has 1 fully saturated rings. The van der Waals surface area contributed by atoms with Gasteiger partial charge in [0.2, 0.25) is 11.7 Å². The zero-order chi connectivity index (χ0) is 16.1. The first-order valence-corrected chi connectivity index (χ1v) is 7.79. The Bertz CT molecular complexity index is 600. The van der Waals surface area contributed by atoms with Crippen LogP contribution in [0.25, 0.3) is 0 Å². The smallest absolute Gasteiger partial charge is 0.233 e. The number of hydrogen-bond acceptors (Lipinski definition) is 6. The predicted molar refractivity (Wildman–Crippen MR) is 83.2 cm³/mol. The summed E-state index contributed by atoms with van der Waals surface area (Å²) >= 11 is 1.51. The fourth-order valence-corrected chi connectivity index (χ4v) is 3.68. The molecule has 0 bridgehead atoms. The zero-order valence-corrected chi connectivity index (χ0v) is 13.6. The lowest BCUT2D eigenvalue weighted by Crippen LogP contribution is -2.29. The molecule has 0 aromatic heterocycles. The number of benzene rings is 1. The van der Waals surface area contributed by atoms with Crippen LogP contribution in [-0.2, 0) is 4.79 Å². The molecule has 118 valence electrons. The highest BCUT2D eigenvalue weighted by Crippen LogP contribution is 2.48. The van der Waals surface area contributed by atoms with Crippen LogP contribution >= 0.6 is 11.8 Å². The summed E-state index contributed by atoms with van der Waals surface area (Å²) in [6.07, 6.45) is 0.304. The Kier molecular flexibility index (Phi) is 5.39. The summed E-state index contributed by atoms with van der Waals surface area (Å²) in [5.74, 6) is 2.05. The van der Waals surface area contributed by atoms with Gasteiger partial charge < -0.3 is 19.1 Å². The summed E-state index contributed by atoms with van der Waals surface area (Å²) in [5.41, 5.74) is 0.842. The van der Waals surface area contributed by atoms with Crippen molar-refractivity contribution in [3.8, 4) is 23.3 Å². The van der Waals surface area contributed by atoms with E-state index in [2.05, 4.69) is 6.07 Å². The number of nitriles is 1. The maximum Gasteiger partial charge on any atom is 0.233 e. The van der Waals surface area contributed by atoms with E-state index in [9.17, 15) is 4.79 Å². The third-order valence-electron chi connectivity index (χ3n) is 3.43. The lowest BCUT2D eigenvalue weighted by Gasteiger charge is -2.25. The van der Waals surface area contributed by atoms with Gasteiger partial charge in [0.05, 0.1) is 39.6 Å². The number of ether oxygens (including phenoxy) is 3. The van der Waals surface area contributed by atoms with Gasteiger partial charge >= 0.3 is 0 Å². The maximum atomic E-state index is 12.0. The van der Waals surface area contributed by atoms with Crippen molar-refractivity contribution in [3.63, 3.8) is 0 Å². The topological polar surface area (TPSA) is 71.8 Å². The minimum Gasteiger partial charge on any atom is -0.493 e. The van der Waals surface area contributed by atoms with Crippen molar-refractivity contribution in [2.45, 2.75) is 11.8 Å². The number of methoxy groups -OCH3 is 3. The van der Waals surface area contributed by atoms with E-state index in [-0.39, 0.29) is 11.3 Å². The van der Waals surface area contributed by atoms with Crippen molar-refractivity contribution in [2.24, 2.45) is 0 Å². The molecule has 7 heteroatoms. The van der Waals surface area contributed by atoms with Gasteiger partial charge in [-0.2, -0.15) is 5.26 Å². The van der Waals surface area contributed by atoms with E-state index < -0.39 is 0 Å². The van der Waals surface area contributed by atoms with Crippen LogP contribution in [0.4, 0.5) is 0 Å². The number of amides is 1. The first-order chi connectivity index (χ1) is 10.7. The van der Waals surface area contributed by atoms with Crippen LogP contribution in [0.2, 0.25) is 0 Å². The lowest BCUT2D eigenvalue weighted by atomic mass is 10.1. The Balaban J connectivity index is 2.43. The standard InChI is InChI=1S/C15H18N2O4S/c1-19-11-6-5-10(13(20-2)14(11)21-3)15-17(8-4-7-16)12(18)9-22-15/h5-6,15H,4,8-9H2,1-3H3. The molecule has 0 N–H and O–H groups in total. The van der Waals surface area contributed by atoms with Crippen molar-refractivity contribution in [3.05, 3.63) is 17.7 Å². The third-order valence-corrected chi connectivity index (χ3v) is 4.67. The van der Waals surface area contributed by atoms with Crippen LogP contribution < -0.4 is 14.2 Å². The highest BCUT2D eigenvalue weighted by Gasteiger charge is 2.35. The normalized spacial score (nSPS) is 17.3. The molecule has 6 nitrogen and oxygen atoms in total. The molecule has 1 aliphatic rings. The van der Waals surface area contributed by atoms with E-state index in [0.717, 1.165) is 5.56 Å². The summed E-state index contributed by atoms with van der Waals surface area (Å²) in [6.45, 7) is 0.407. The van der Waals surface area contributed by atoms with Crippen LogP contribution in [0.5, 0.6) is 17.2 Å². The summed E-state index contributed by atoms with van der Waals surface area (Å²) in [7, 11) is 4.66. The first kappa shape index (κ1) is 16.3. The average molecular weight is 322 g/mol. The number of rotatable bonds is 6. The Labute approximate surface area is 133 Å². The number of nitrogens with zero attached hydrogens (tertiary/aromatic N) is 2. The predicted octanol–water partition coefficient (Wildman–Crippen LogP) is 2.20. The van der Waals surface area contributed by atoms with E-state index in [1.807, 2.05) is 6.07 Å². The van der Waals surface area contributed by atoms with E-state index in [4.69, 9.17) is 19.5 Å². The van der Waals surface area contributed by atoms with E-state index in [1.54, 1.807) is 32.3 Å². The second-order valence-corrected chi connectivity index (χ2v) is 5.65. The lowest BCUT2D eigenvalue weighted by molar-refractivity contribution is -0.128. The van der Waals surface area contributed by atoms with Gasteiger partial charge in [-0.25, -0.2) is 0 Å². The van der Waals surface area contributed by atoms with E-state index in [0.29, 0.717) is 36.0 Å². The monoisotopic (exact) mass is 322 g/mol. The highest BCUT2D eigenvalue weighted by atomic mass is 32.2. The molecule has 0 saturated carbocycles. The molecule has 1 unspecified atom stereocenters. The molecule has 0 aliphatic carbocycles. The Morgan fingerprint density at radius 1 is 1.27 bits per heavy atom. The Morgan fingerprint density at radius 3 is 2.59 bits per heavy atom. The molecule has 2 rings (SSSR count). The Hall–Kier alpha value is -2.07. The van der Waals surface area contributed by atoms with Gasteiger partial charge in [-0.3, -0.25) is 4.79 Å². The number of carbonyl (C=O) groups excluding carboxylic acids is 1. The minimum absolute atomic E-state index is 0.0297. The molecular weight excluding hydrogens is 304 g/mol. The Morgan fingerprint density at radius 2 is 2.00 bits per heavy atom. The fraction of sp³-hybridized carbons (Fsp3) is 0.467. The van der Waals surface area contributed by atoms with Crippen molar-refractivity contribution in [1.82, 2.24) is 4.90 Å². The zero-order valence-electron chi connectivity index (χ0n) is 12.8. The van der Waals surface area contributed by atoms with Gasteiger partial charge in [0.15, 0.2) is 11.5 Å². The second kappa shape index (κ2) is 7.27. The van der Waals surface area contributed by atoms with Crippen molar-refractivity contribution in [1.29, 1.82) is 5.26 Å². The number of thioether (sulfide) groups is 1. The minimum atomic E-state index is -0.185. The molecule has 0 radical (unpaired) electrons. The van der Waals surface area contributed by atoms with Crippen LogP contribution in [0.3, 0.4) is 0 Å². The van der Waals surface area contributed by atoms with Gasteiger partial charge in [0.1, 0.15) is 5.37 Å². The first-order valence-electron chi connectivity index (χ1n) is 6.74. The van der Waals surface area contributed by atoms with E-state index >= 15 is 0 Å². The summed E-state index contributed by atoms with van der Waals surface area (Å²) < 4.78 is 16.1. The van der Waals surface area contributed by atoms with Crippen LogP contribution in [-0.4, -0.2) is 44.4 Å². The molecule has 1 aliphatic heterocycles. The highest BCUT2D eigenvalue weighted by molar-refractivity contribution is 8.00. The van der Waals surface area contributed by atoms with Crippen molar-refractivity contribution in [2.75, 3.05) is 33.6 Å². The molecule has 1 saturated heterocycles. The van der Waals surface area contributed by atoms with Crippen LogP contribution in [0, 0.1) is 11.3 Å². The maximum absolute atomic E-state index is 12.0. The fourth-order valence-electron chi connectivity index (χ4n) is 2.44. The molecular formula is C15H18N2O4S. The molecule has 1 amide bonds. The summed E-state index contributed by atoms with van der Waals surface area (Å²) in [4.78, 5) is 13.7. The number of carbonyl (C=O) groups is 1. The van der Waals surface area contributed by atoms with Gasteiger partial charge in [0.25, 0.3) is 0 Å². The number of hydrogen-bond donors (Lipinski definition) is 0. The van der Waals surface area contributed by atoms with Gasteiger partial charge in [0, 0.05) is 12.1 Å². The molecule has 1 heterocycles. The molecule has 22 heavy (non-hydrogen) atoms. The van der Waals surface area contributed by atoms with Crippen LogP contribution in [0.1, 0.15) is 17.4 Å². The SMILES string of the molecule is COc1ccc(C2SCC(=O)N2CCC#N)c(OC)c1OC. The second-order valence-electron chi connectivity index (χ2n) is 4.58. The molecule has 1 aromatic rings. The third kappa shape index (κ3) is 2.92. The largest absolute Gasteiger partial charge is 0.493 e. The van der Waals surface area contributed by atoms with Gasteiger partial charge in [-0.15, -0.1) is 11.8 Å². The molecule has 1 atom stereocenters.